The summed E-state index contributed by atoms with van der Waals surface area (Å²) in [7, 11) is -3.88. The zero-order chi connectivity index (χ0) is 24.0. The summed E-state index contributed by atoms with van der Waals surface area (Å²) in [5, 5.41) is 2.68. The molecule has 8 nitrogen and oxygen atoms in total. The predicted octanol–water partition coefficient (Wildman–Crippen LogP) is 3.20. The van der Waals surface area contributed by atoms with E-state index in [1.165, 1.54) is 23.4 Å². The summed E-state index contributed by atoms with van der Waals surface area (Å²) in [6.45, 7) is 3.88. The number of carbonyl (C=O) groups excluding carboxylic acids is 2. The molecule has 0 spiro atoms. The molecule has 178 valence electrons. The smallest absolute Gasteiger partial charge is 0.311 e. The number of rotatable bonds is 8. The monoisotopic (exact) mass is 478 g/mol. The lowest BCUT2D eigenvalue weighted by Gasteiger charge is -2.31. The van der Waals surface area contributed by atoms with Crippen LogP contribution in [-0.2, 0) is 24.3 Å². The van der Waals surface area contributed by atoms with Crippen LogP contribution in [0.3, 0.4) is 0 Å². The van der Waals surface area contributed by atoms with E-state index in [-0.39, 0.29) is 18.0 Å². The Labute approximate surface area is 192 Å². The van der Waals surface area contributed by atoms with Crippen molar-refractivity contribution in [2.75, 3.05) is 25.0 Å². The maximum atomic E-state index is 13.2. The molecule has 0 radical (unpaired) electrons. The Morgan fingerprint density at radius 1 is 1.18 bits per heavy atom. The molecule has 33 heavy (non-hydrogen) atoms. The Balaban J connectivity index is 1.61. The van der Waals surface area contributed by atoms with Crippen molar-refractivity contribution in [1.82, 2.24) is 4.31 Å². The number of piperidine rings is 1. The molecule has 0 aromatic heterocycles. The second-order valence-electron chi connectivity index (χ2n) is 7.65. The third kappa shape index (κ3) is 6.08. The summed E-state index contributed by atoms with van der Waals surface area (Å²) in [5.74, 6) is -1.91. The van der Waals surface area contributed by atoms with Gasteiger partial charge in [-0.25, -0.2) is 12.8 Å². The van der Waals surface area contributed by atoms with E-state index in [2.05, 4.69) is 5.32 Å². The average Bonchev–Trinajstić information content (AvgIpc) is 2.80. The van der Waals surface area contributed by atoms with E-state index in [0.717, 1.165) is 12.1 Å². The van der Waals surface area contributed by atoms with E-state index >= 15 is 0 Å². The fraction of sp³-hybridized carbons (Fsp3) is 0.391. The lowest BCUT2D eigenvalue weighted by Crippen LogP contribution is -2.44. The van der Waals surface area contributed by atoms with Crippen molar-refractivity contribution < 1.29 is 31.9 Å². The number of hydrogen-bond acceptors (Lipinski definition) is 6. The van der Waals surface area contributed by atoms with E-state index in [4.69, 9.17) is 9.47 Å². The summed E-state index contributed by atoms with van der Waals surface area (Å²) in [6.07, 6.45) is -0.186. The van der Waals surface area contributed by atoms with Gasteiger partial charge < -0.3 is 14.8 Å². The predicted molar refractivity (Wildman–Crippen MR) is 120 cm³/mol. The van der Waals surface area contributed by atoms with Crippen LogP contribution in [0.4, 0.5) is 10.1 Å². The van der Waals surface area contributed by atoms with Crippen LogP contribution in [0.5, 0.6) is 5.75 Å². The lowest BCUT2D eigenvalue weighted by molar-refractivity contribution is -0.158. The molecule has 1 saturated heterocycles. The van der Waals surface area contributed by atoms with Crippen molar-refractivity contribution in [2.24, 2.45) is 5.92 Å². The third-order valence-corrected chi connectivity index (χ3v) is 7.16. The zero-order valence-corrected chi connectivity index (χ0v) is 19.3. The van der Waals surface area contributed by atoms with Crippen LogP contribution >= 0.6 is 0 Å². The molecule has 1 aliphatic rings. The SMILES string of the molecule is CCOc1ccccc1NC(=O)C(C)OC(=O)C1CCCN(S(=O)(=O)c2ccc(F)cc2)C1. The summed E-state index contributed by atoms with van der Waals surface area (Å²) < 4.78 is 50.9. The highest BCUT2D eigenvalue weighted by molar-refractivity contribution is 7.89. The number of ether oxygens (including phenoxy) is 2. The topological polar surface area (TPSA) is 102 Å². The zero-order valence-electron chi connectivity index (χ0n) is 18.5. The van der Waals surface area contributed by atoms with Gasteiger partial charge in [0.15, 0.2) is 6.10 Å². The van der Waals surface area contributed by atoms with Crippen LogP contribution in [0, 0.1) is 11.7 Å². The van der Waals surface area contributed by atoms with Crippen LogP contribution in [0.25, 0.3) is 0 Å². The number of hydrogen-bond donors (Lipinski definition) is 1. The number of anilines is 1. The minimum Gasteiger partial charge on any atom is -0.492 e. The van der Waals surface area contributed by atoms with Gasteiger partial charge in [0.25, 0.3) is 5.91 Å². The highest BCUT2D eigenvalue weighted by Crippen LogP contribution is 2.26. The first-order valence-electron chi connectivity index (χ1n) is 10.7. The van der Waals surface area contributed by atoms with E-state index in [1.807, 2.05) is 6.92 Å². The lowest BCUT2D eigenvalue weighted by atomic mass is 10.00. The second kappa shape index (κ2) is 10.8. The number of carbonyl (C=O) groups is 2. The Bertz CT molecular complexity index is 1090. The molecular weight excluding hydrogens is 451 g/mol. The number of nitrogens with one attached hydrogen (secondary N) is 1. The van der Waals surface area contributed by atoms with Crippen LogP contribution in [-0.4, -0.2) is 50.4 Å². The molecule has 2 aromatic carbocycles. The molecule has 10 heteroatoms. The molecule has 1 fully saturated rings. The Kier molecular flexibility index (Phi) is 8.04. The normalized spacial score (nSPS) is 17.7. The van der Waals surface area contributed by atoms with Gasteiger partial charge in [-0.3, -0.25) is 9.59 Å². The van der Waals surface area contributed by atoms with Gasteiger partial charge in [-0.1, -0.05) is 12.1 Å². The van der Waals surface area contributed by atoms with Crippen molar-refractivity contribution in [3.8, 4) is 5.75 Å². The van der Waals surface area contributed by atoms with E-state index in [9.17, 15) is 22.4 Å². The molecule has 0 aliphatic carbocycles. The summed E-state index contributed by atoms with van der Waals surface area (Å²) >= 11 is 0. The first kappa shape index (κ1) is 24.7. The van der Waals surface area contributed by atoms with Gasteiger partial charge in [0.1, 0.15) is 11.6 Å². The molecule has 2 aromatic rings. The Morgan fingerprint density at radius 2 is 1.88 bits per heavy atom. The summed E-state index contributed by atoms with van der Waals surface area (Å²) in [5.41, 5.74) is 0.460. The van der Waals surface area contributed by atoms with Gasteiger partial charge in [-0.15, -0.1) is 0 Å². The quantitative estimate of drug-likeness (QED) is 0.585. The number of benzene rings is 2. The minimum absolute atomic E-state index is 0.0429. The first-order valence-corrected chi connectivity index (χ1v) is 12.1. The number of nitrogens with zero attached hydrogens (tertiary/aromatic N) is 1. The van der Waals surface area contributed by atoms with Crippen molar-refractivity contribution in [1.29, 1.82) is 0 Å². The van der Waals surface area contributed by atoms with Gasteiger partial charge in [0, 0.05) is 13.1 Å². The van der Waals surface area contributed by atoms with Crippen LogP contribution in [0.1, 0.15) is 26.7 Å². The number of sulfonamides is 1. The number of amides is 1. The average molecular weight is 479 g/mol. The standard InChI is InChI=1S/C23H27FN2O6S/c1-3-31-21-9-5-4-8-20(21)25-22(27)16(2)32-23(28)17-7-6-14-26(15-17)33(29,30)19-12-10-18(24)11-13-19/h4-5,8-13,16-17H,3,6-7,14-15H2,1-2H3,(H,25,27). The first-order chi connectivity index (χ1) is 15.7. The number of esters is 1. The number of halogens is 1. The highest BCUT2D eigenvalue weighted by Gasteiger charge is 2.35. The fourth-order valence-electron chi connectivity index (χ4n) is 3.52. The number of para-hydroxylation sites is 2. The van der Waals surface area contributed by atoms with Gasteiger partial charge in [0.2, 0.25) is 10.0 Å². The Hall–Kier alpha value is -2.98. The molecule has 1 N–H and O–H groups in total. The van der Waals surface area contributed by atoms with Gasteiger partial charge in [-0.2, -0.15) is 4.31 Å². The van der Waals surface area contributed by atoms with Gasteiger partial charge >= 0.3 is 5.97 Å². The van der Waals surface area contributed by atoms with Crippen molar-refractivity contribution in [3.63, 3.8) is 0 Å². The summed E-state index contributed by atoms with van der Waals surface area (Å²) in [4.78, 5) is 25.2. The Morgan fingerprint density at radius 3 is 2.58 bits per heavy atom. The minimum atomic E-state index is -3.88. The van der Waals surface area contributed by atoms with E-state index < -0.39 is 39.7 Å². The van der Waals surface area contributed by atoms with Crippen LogP contribution in [0.2, 0.25) is 0 Å². The molecule has 2 atom stereocenters. The molecule has 0 bridgehead atoms. The second-order valence-corrected chi connectivity index (χ2v) is 9.59. The van der Waals surface area contributed by atoms with Gasteiger partial charge in [0.05, 0.1) is 23.1 Å². The molecule has 1 amide bonds. The van der Waals surface area contributed by atoms with Crippen molar-refractivity contribution >= 4 is 27.6 Å². The molecule has 0 saturated carbocycles. The largest absolute Gasteiger partial charge is 0.492 e. The molecule has 3 rings (SSSR count). The van der Waals surface area contributed by atoms with Crippen molar-refractivity contribution in [3.05, 3.63) is 54.3 Å². The molecule has 1 aliphatic heterocycles. The third-order valence-electron chi connectivity index (χ3n) is 5.28. The van der Waals surface area contributed by atoms with E-state index in [0.29, 0.717) is 30.9 Å². The van der Waals surface area contributed by atoms with Gasteiger partial charge in [-0.05, 0) is 63.1 Å². The highest BCUT2D eigenvalue weighted by atomic mass is 32.2. The fourth-order valence-corrected chi connectivity index (χ4v) is 5.04. The maximum absolute atomic E-state index is 13.2. The molecular formula is C23H27FN2O6S. The summed E-state index contributed by atoms with van der Waals surface area (Å²) in [6, 6.07) is 11.5. The van der Waals surface area contributed by atoms with Crippen molar-refractivity contribution in [2.45, 2.75) is 37.7 Å². The van der Waals surface area contributed by atoms with Crippen LogP contribution < -0.4 is 10.1 Å². The molecule has 1 heterocycles. The van der Waals surface area contributed by atoms with Crippen LogP contribution in [0.15, 0.2) is 53.4 Å². The van der Waals surface area contributed by atoms with E-state index in [1.54, 1.807) is 24.3 Å². The molecule has 2 unspecified atom stereocenters. The maximum Gasteiger partial charge on any atom is 0.311 e.